The van der Waals surface area contributed by atoms with Crippen LogP contribution in [0.15, 0.2) is 30.3 Å². The van der Waals surface area contributed by atoms with Crippen molar-refractivity contribution in [2.24, 2.45) is 5.41 Å². The Balaban J connectivity index is 1.33. The van der Waals surface area contributed by atoms with Crippen molar-refractivity contribution in [2.45, 2.75) is 31.7 Å². The van der Waals surface area contributed by atoms with Crippen LogP contribution in [0.1, 0.15) is 25.7 Å². The molecule has 0 aromatic heterocycles. The molecule has 3 nitrogen and oxygen atoms in total. The number of anilines is 1. The normalized spacial score (nSPS) is 29.5. The zero-order chi connectivity index (χ0) is 15.0. The van der Waals surface area contributed by atoms with E-state index in [4.69, 9.17) is 0 Å². The van der Waals surface area contributed by atoms with E-state index < -0.39 is 0 Å². The van der Waals surface area contributed by atoms with Crippen molar-refractivity contribution >= 4 is 5.69 Å². The van der Waals surface area contributed by atoms with Crippen molar-refractivity contribution in [1.82, 2.24) is 9.80 Å². The van der Waals surface area contributed by atoms with Gasteiger partial charge in [-0.1, -0.05) is 18.2 Å². The minimum atomic E-state index is 0.656. The van der Waals surface area contributed by atoms with Crippen LogP contribution in [0.2, 0.25) is 0 Å². The van der Waals surface area contributed by atoms with Crippen molar-refractivity contribution in [3.63, 3.8) is 0 Å². The summed E-state index contributed by atoms with van der Waals surface area (Å²) in [5.74, 6) is 0. The van der Waals surface area contributed by atoms with E-state index in [1.807, 2.05) is 0 Å². The molecule has 22 heavy (non-hydrogen) atoms. The third-order valence-electron chi connectivity index (χ3n) is 6.29. The van der Waals surface area contributed by atoms with Crippen LogP contribution in [0.3, 0.4) is 0 Å². The van der Waals surface area contributed by atoms with Gasteiger partial charge in [0, 0.05) is 31.4 Å². The minimum Gasteiger partial charge on any atom is -0.370 e. The Morgan fingerprint density at radius 1 is 0.955 bits per heavy atom. The van der Waals surface area contributed by atoms with E-state index in [0.717, 1.165) is 6.04 Å². The molecule has 3 aliphatic rings. The number of hydrogen-bond donors (Lipinski definition) is 0. The Hall–Kier alpha value is -1.06. The summed E-state index contributed by atoms with van der Waals surface area (Å²) in [6.45, 7) is 7.73. The molecule has 0 N–H and O–H groups in total. The van der Waals surface area contributed by atoms with Gasteiger partial charge in [0.1, 0.15) is 0 Å². The minimum absolute atomic E-state index is 0.656. The summed E-state index contributed by atoms with van der Waals surface area (Å²) in [6.07, 6.45) is 5.60. The number of rotatable bonds is 2. The van der Waals surface area contributed by atoms with Gasteiger partial charge in [-0.05, 0) is 69.9 Å². The van der Waals surface area contributed by atoms with Crippen LogP contribution >= 0.6 is 0 Å². The second kappa shape index (κ2) is 5.86. The topological polar surface area (TPSA) is 9.72 Å². The van der Waals surface area contributed by atoms with E-state index in [1.165, 1.54) is 70.6 Å². The van der Waals surface area contributed by atoms with Gasteiger partial charge in [-0.25, -0.2) is 0 Å². The Bertz CT molecular complexity index is 493. The van der Waals surface area contributed by atoms with Crippen molar-refractivity contribution < 1.29 is 0 Å². The molecule has 1 spiro atoms. The molecule has 0 saturated carbocycles. The fraction of sp³-hybridized carbons (Fsp3) is 0.684. The number of benzene rings is 1. The molecule has 1 aromatic rings. The molecule has 1 unspecified atom stereocenters. The molecule has 0 amide bonds. The van der Waals surface area contributed by atoms with Crippen LogP contribution in [-0.2, 0) is 0 Å². The average molecular weight is 299 g/mol. The Morgan fingerprint density at radius 2 is 1.68 bits per heavy atom. The lowest BCUT2D eigenvalue weighted by molar-refractivity contribution is 0.0844. The van der Waals surface area contributed by atoms with Crippen LogP contribution < -0.4 is 4.90 Å². The summed E-state index contributed by atoms with van der Waals surface area (Å²) < 4.78 is 0. The SMILES string of the molecule is CN1CCC2(CCN(C3CCN(c4ccccc4)C3)CC2)C1. The van der Waals surface area contributed by atoms with Gasteiger partial charge < -0.3 is 9.80 Å². The second-order valence-corrected chi connectivity index (χ2v) is 7.75. The van der Waals surface area contributed by atoms with E-state index in [-0.39, 0.29) is 0 Å². The predicted molar refractivity (Wildman–Crippen MR) is 92.4 cm³/mol. The first-order valence-electron chi connectivity index (χ1n) is 8.97. The van der Waals surface area contributed by atoms with Crippen LogP contribution in [0.5, 0.6) is 0 Å². The Labute approximate surface area is 134 Å². The Morgan fingerprint density at radius 3 is 2.36 bits per heavy atom. The molecule has 1 atom stereocenters. The van der Waals surface area contributed by atoms with E-state index in [0.29, 0.717) is 5.41 Å². The van der Waals surface area contributed by atoms with Crippen LogP contribution in [-0.4, -0.2) is 62.2 Å². The molecule has 120 valence electrons. The molecule has 4 rings (SSSR count). The Kier molecular flexibility index (Phi) is 3.87. The summed E-state index contributed by atoms with van der Waals surface area (Å²) in [5, 5.41) is 0. The van der Waals surface area contributed by atoms with Gasteiger partial charge in [0.15, 0.2) is 0 Å². The maximum atomic E-state index is 2.78. The second-order valence-electron chi connectivity index (χ2n) is 7.75. The number of likely N-dealkylation sites (tertiary alicyclic amines) is 2. The van der Waals surface area contributed by atoms with E-state index in [2.05, 4.69) is 52.1 Å². The summed E-state index contributed by atoms with van der Waals surface area (Å²) >= 11 is 0. The molecule has 0 aliphatic carbocycles. The molecule has 3 saturated heterocycles. The maximum absolute atomic E-state index is 2.78. The molecular weight excluding hydrogens is 270 g/mol. The van der Waals surface area contributed by atoms with Gasteiger partial charge in [0.05, 0.1) is 0 Å². The predicted octanol–water partition coefficient (Wildman–Crippen LogP) is 2.68. The van der Waals surface area contributed by atoms with Crippen LogP contribution in [0.4, 0.5) is 5.69 Å². The van der Waals surface area contributed by atoms with Gasteiger partial charge >= 0.3 is 0 Å². The third kappa shape index (κ3) is 2.77. The largest absolute Gasteiger partial charge is 0.370 e. The van der Waals surface area contributed by atoms with Crippen molar-refractivity contribution in [2.75, 3.05) is 51.2 Å². The summed E-state index contributed by atoms with van der Waals surface area (Å²) in [4.78, 5) is 7.88. The zero-order valence-corrected chi connectivity index (χ0v) is 13.9. The van der Waals surface area contributed by atoms with Gasteiger partial charge in [-0.2, -0.15) is 0 Å². The lowest BCUT2D eigenvalue weighted by Crippen LogP contribution is -2.47. The molecule has 3 heteroatoms. The van der Waals surface area contributed by atoms with Crippen molar-refractivity contribution in [1.29, 1.82) is 0 Å². The lowest BCUT2D eigenvalue weighted by atomic mass is 9.77. The van der Waals surface area contributed by atoms with Gasteiger partial charge in [0.25, 0.3) is 0 Å². The van der Waals surface area contributed by atoms with Gasteiger partial charge in [-0.3, -0.25) is 4.90 Å². The molecular formula is C19H29N3. The van der Waals surface area contributed by atoms with Gasteiger partial charge in [-0.15, -0.1) is 0 Å². The standard InChI is InChI=1S/C19H29N3/c1-20-12-8-19(16-20)9-13-21(14-10-19)18-7-11-22(15-18)17-5-3-2-4-6-17/h2-6,18H,7-16H2,1H3. The smallest absolute Gasteiger partial charge is 0.0366 e. The van der Waals surface area contributed by atoms with E-state index in [1.54, 1.807) is 0 Å². The molecule has 3 heterocycles. The summed E-state index contributed by atoms with van der Waals surface area (Å²) in [6, 6.07) is 11.7. The summed E-state index contributed by atoms with van der Waals surface area (Å²) in [5.41, 5.74) is 2.05. The van der Waals surface area contributed by atoms with Crippen molar-refractivity contribution in [3.8, 4) is 0 Å². The van der Waals surface area contributed by atoms with Gasteiger partial charge in [0.2, 0.25) is 0 Å². The summed E-state index contributed by atoms with van der Waals surface area (Å²) in [7, 11) is 2.29. The highest BCUT2D eigenvalue weighted by molar-refractivity contribution is 5.47. The highest BCUT2D eigenvalue weighted by Gasteiger charge is 2.41. The molecule has 3 aliphatic heterocycles. The third-order valence-corrected chi connectivity index (χ3v) is 6.29. The van der Waals surface area contributed by atoms with E-state index in [9.17, 15) is 0 Å². The van der Waals surface area contributed by atoms with Crippen LogP contribution in [0, 0.1) is 5.41 Å². The number of nitrogens with zero attached hydrogens (tertiary/aromatic N) is 3. The van der Waals surface area contributed by atoms with E-state index >= 15 is 0 Å². The first-order chi connectivity index (χ1) is 10.7. The zero-order valence-electron chi connectivity index (χ0n) is 13.9. The average Bonchev–Trinajstić information content (AvgIpc) is 3.17. The monoisotopic (exact) mass is 299 g/mol. The molecule has 0 bridgehead atoms. The molecule has 0 radical (unpaired) electrons. The fourth-order valence-corrected chi connectivity index (χ4v) is 4.84. The number of hydrogen-bond acceptors (Lipinski definition) is 3. The highest BCUT2D eigenvalue weighted by atomic mass is 15.3. The first kappa shape index (κ1) is 14.5. The first-order valence-corrected chi connectivity index (χ1v) is 8.97. The van der Waals surface area contributed by atoms with Crippen LogP contribution in [0.25, 0.3) is 0 Å². The lowest BCUT2D eigenvalue weighted by Gasteiger charge is -2.41. The highest BCUT2D eigenvalue weighted by Crippen LogP contribution is 2.40. The molecule has 3 fully saturated rings. The molecule has 1 aromatic carbocycles. The van der Waals surface area contributed by atoms with Crippen molar-refractivity contribution in [3.05, 3.63) is 30.3 Å². The fourth-order valence-electron chi connectivity index (χ4n) is 4.84. The number of para-hydroxylation sites is 1. The quantitative estimate of drug-likeness (QED) is 0.831. The number of piperidine rings is 1. The maximum Gasteiger partial charge on any atom is 0.0366 e.